The number of hydrogen-bond donors (Lipinski definition) is 1. The summed E-state index contributed by atoms with van der Waals surface area (Å²) in [5, 5.41) is 4.99. The van der Waals surface area contributed by atoms with Gasteiger partial charge in [0.2, 0.25) is 0 Å². The zero-order valence-electron chi connectivity index (χ0n) is 13.1. The van der Waals surface area contributed by atoms with Crippen LogP contribution in [0, 0.1) is 11.8 Å². The monoisotopic (exact) mass is 329 g/mol. The molecule has 2 nitrogen and oxygen atoms in total. The summed E-state index contributed by atoms with van der Waals surface area (Å²) in [5.41, 5.74) is 1.10. The number of nitrogens with one attached hydrogen (secondary N) is 1. The molecule has 1 saturated carbocycles. The molecule has 0 bridgehead atoms. The third-order valence-electron chi connectivity index (χ3n) is 4.47. The number of halogens is 2. The predicted molar refractivity (Wildman–Crippen MR) is 90.6 cm³/mol. The van der Waals surface area contributed by atoms with Crippen LogP contribution in [0.4, 0.5) is 0 Å². The third kappa shape index (κ3) is 3.85. The summed E-state index contributed by atoms with van der Waals surface area (Å²) in [5.74, 6) is 2.01. The minimum Gasteiger partial charge on any atom is -0.492 e. The summed E-state index contributed by atoms with van der Waals surface area (Å²) in [6.07, 6.45) is 3.85. The molecule has 1 aromatic carbocycles. The van der Waals surface area contributed by atoms with Gasteiger partial charge in [-0.2, -0.15) is 0 Å². The van der Waals surface area contributed by atoms with Crippen LogP contribution in [0.3, 0.4) is 0 Å². The van der Waals surface area contributed by atoms with Gasteiger partial charge in [0.15, 0.2) is 0 Å². The van der Waals surface area contributed by atoms with Crippen molar-refractivity contribution in [2.75, 3.05) is 13.2 Å². The molecule has 3 unspecified atom stereocenters. The van der Waals surface area contributed by atoms with Crippen LogP contribution >= 0.6 is 23.2 Å². The maximum absolute atomic E-state index is 6.52. The Morgan fingerprint density at radius 1 is 1.24 bits per heavy atom. The van der Waals surface area contributed by atoms with Crippen LogP contribution in [0.15, 0.2) is 12.1 Å². The standard InChI is InChI=1S/C17H25Cl2NO/c1-4-20-17(12-8-6-7-11(12)3)13-9-15(19)16(21-5-2)10-14(13)18/h9-12,17,20H,4-8H2,1-3H3. The van der Waals surface area contributed by atoms with Gasteiger partial charge in [-0.25, -0.2) is 0 Å². The Kier molecular flexibility index (Phi) is 6.21. The second-order valence-corrected chi connectivity index (χ2v) is 6.66. The fraction of sp³-hybridized carbons (Fsp3) is 0.647. The Morgan fingerprint density at radius 3 is 2.57 bits per heavy atom. The zero-order valence-corrected chi connectivity index (χ0v) is 14.6. The van der Waals surface area contributed by atoms with E-state index in [1.54, 1.807) is 0 Å². The molecule has 118 valence electrons. The number of hydrogen-bond acceptors (Lipinski definition) is 2. The average Bonchev–Trinajstić information content (AvgIpc) is 2.86. The predicted octanol–water partition coefficient (Wildman–Crippen LogP) is 5.48. The summed E-state index contributed by atoms with van der Waals surface area (Å²) in [6, 6.07) is 4.10. The lowest BCUT2D eigenvalue weighted by Crippen LogP contribution is -2.30. The van der Waals surface area contributed by atoms with Gasteiger partial charge in [-0.1, -0.05) is 49.9 Å². The zero-order chi connectivity index (χ0) is 15.4. The fourth-order valence-corrected chi connectivity index (χ4v) is 3.93. The van der Waals surface area contributed by atoms with Gasteiger partial charge >= 0.3 is 0 Å². The van der Waals surface area contributed by atoms with Crippen molar-refractivity contribution in [2.45, 2.75) is 46.1 Å². The van der Waals surface area contributed by atoms with E-state index in [0.29, 0.717) is 23.3 Å². The lowest BCUT2D eigenvalue weighted by molar-refractivity contribution is 0.305. The van der Waals surface area contributed by atoms with Crippen LogP contribution in [-0.2, 0) is 0 Å². The molecule has 1 aromatic rings. The van der Waals surface area contributed by atoms with E-state index in [0.717, 1.165) is 23.0 Å². The second-order valence-electron chi connectivity index (χ2n) is 5.84. The van der Waals surface area contributed by atoms with E-state index in [1.807, 2.05) is 19.1 Å². The molecule has 1 aliphatic rings. The molecule has 0 amide bonds. The molecule has 0 radical (unpaired) electrons. The highest BCUT2D eigenvalue weighted by atomic mass is 35.5. The number of rotatable bonds is 6. The van der Waals surface area contributed by atoms with Crippen molar-refractivity contribution >= 4 is 23.2 Å². The van der Waals surface area contributed by atoms with Crippen LogP contribution in [-0.4, -0.2) is 13.2 Å². The van der Waals surface area contributed by atoms with E-state index in [9.17, 15) is 0 Å². The molecule has 0 aromatic heterocycles. The molecule has 0 spiro atoms. The van der Waals surface area contributed by atoms with Crippen molar-refractivity contribution < 1.29 is 4.74 Å². The fourth-order valence-electron chi connectivity index (χ4n) is 3.43. The van der Waals surface area contributed by atoms with Crippen molar-refractivity contribution in [1.29, 1.82) is 0 Å². The van der Waals surface area contributed by atoms with Gasteiger partial charge < -0.3 is 10.1 Å². The molecular weight excluding hydrogens is 305 g/mol. The van der Waals surface area contributed by atoms with Crippen molar-refractivity contribution in [2.24, 2.45) is 11.8 Å². The van der Waals surface area contributed by atoms with E-state index in [4.69, 9.17) is 27.9 Å². The SMILES string of the molecule is CCNC(c1cc(Cl)c(OCC)cc1Cl)C1CCCC1C. The van der Waals surface area contributed by atoms with Crippen LogP contribution < -0.4 is 10.1 Å². The summed E-state index contributed by atoms with van der Waals surface area (Å²) < 4.78 is 5.52. The minimum absolute atomic E-state index is 0.271. The summed E-state index contributed by atoms with van der Waals surface area (Å²) in [7, 11) is 0. The summed E-state index contributed by atoms with van der Waals surface area (Å²) in [6.45, 7) is 7.93. The summed E-state index contributed by atoms with van der Waals surface area (Å²) in [4.78, 5) is 0. The molecule has 0 saturated heterocycles. The first-order chi connectivity index (χ1) is 10.1. The molecule has 21 heavy (non-hydrogen) atoms. The maximum Gasteiger partial charge on any atom is 0.139 e. The van der Waals surface area contributed by atoms with E-state index >= 15 is 0 Å². The first-order valence-corrected chi connectivity index (χ1v) is 8.69. The van der Waals surface area contributed by atoms with Crippen molar-refractivity contribution in [3.8, 4) is 5.75 Å². The third-order valence-corrected chi connectivity index (χ3v) is 5.09. The lowest BCUT2D eigenvalue weighted by Gasteiger charge is -2.29. The van der Waals surface area contributed by atoms with Gasteiger partial charge in [0, 0.05) is 17.1 Å². The Morgan fingerprint density at radius 2 is 2.00 bits per heavy atom. The topological polar surface area (TPSA) is 21.3 Å². The first-order valence-electron chi connectivity index (χ1n) is 7.93. The van der Waals surface area contributed by atoms with Gasteiger partial charge in [0.1, 0.15) is 5.75 Å². The Bertz CT molecular complexity index is 478. The molecule has 4 heteroatoms. The molecule has 0 heterocycles. The molecule has 3 atom stereocenters. The van der Waals surface area contributed by atoms with Gasteiger partial charge in [-0.05, 0) is 43.4 Å². The number of benzene rings is 1. The van der Waals surface area contributed by atoms with Gasteiger partial charge in [0.25, 0.3) is 0 Å². The first kappa shape index (κ1) is 16.9. The Labute approximate surface area is 138 Å². The molecule has 0 aliphatic heterocycles. The van der Waals surface area contributed by atoms with Crippen LogP contribution in [0.5, 0.6) is 5.75 Å². The van der Waals surface area contributed by atoms with E-state index in [1.165, 1.54) is 19.3 Å². The van der Waals surface area contributed by atoms with Crippen LogP contribution in [0.25, 0.3) is 0 Å². The minimum atomic E-state index is 0.271. The van der Waals surface area contributed by atoms with E-state index in [-0.39, 0.29) is 6.04 Å². The lowest BCUT2D eigenvalue weighted by atomic mass is 9.85. The van der Waals surface area contributed by atoms with E-state index < -0.39 is 0 Å². The van der Waals surface area contributed by atoms with Crippen molar-refractivity contribution in [1.82, 2.24) is 5.32 Å². The highest BCUT2D eigenvalue weighted by Gasteiger charge is 2.32. The average molecular weight is 330 g/mol. The van der Waals surface area contributed by atoms with Crippen molar-refractivity contribution in [3.05, 3.63) is 27.7 Å². The van der Waals surface area contributed by atoms with Crippen molar-refractivity contribution in [3.63, 3.8) is 0 Å². The van der Waals surface area contributed by atoms with Crippen LogP contribution in [0.1, 0.15) is 51.6 Å². The maximum atomic E-state index is 6.52. The Balaban J connectivity index is 2.33. The summed E-state index contributed by atoms with van der Waals surface area (Å²) >= 11 is 12.9. The number of ether oxygens (including phenoxy) is 1. The molecule has 2 rings (SSSR count). The van der Waals surface area contributed by atoms with Crippen LogP contribution in [0.2, 0.25) is 10.0 Å². The largest absolute Gasteiger partial charge is 0.492 e. The molecule has 1 fully saturated rings. The quantitative estimate of drug-likeness (QED) is 0.746. The highest BCUT2D eigenvalue weighted by molar-refractivity contribution is 6.34. The molecular formula is C17H25Cl2NO. The van der Waals surface area contributed by atoms with Gasteiger partial charge in [-0.3, -0.25) is 0 Å². The van der Waals surface area contributed by atoms with E-state index in [2.05, 4.69) is 19.2 Å². The Hall–Kier alpha value is -0.440. The molecule has 1 aliphatic carbocycles. The van der Waals surface area contributed by atoms with Gasteiger partial charge in [-0.15, -0.1) is 0 Å². The molecule has 1 N–H and O–H groups in total. The second kappa shape index (κ2) is 7.71. The van der Waals surface area contributed by atoms with Gasteiger partial charge in [0.05, 0.1) is 11.6 Å². The smallest absolute Gasteiger partial charge is 0.139 e. The highest BCUT2D eigenvalue weighted by Crippen LogP contribution is 2.43. The normalized spacial score (nSPS) is 23.3.